The molecule has 1 fully saturated rings. The average molecular weight is 478 g/mol. The number of nitrogens with zero attached hydrogens (tertiary/aromatic N) is 1. The number of carbonyl (C=O) groups excluding carboxylic acids is 1. The van der Waals surface area contributed by atoms with E-state index >= 15 is 0 Å². The van der Waals surface area contributed by atoms with E-state index in [9.17, 15) is 4.79 Å². The van der Waals surface area contributed by atoms with Gasteiger partial charge in [0, 0.05) is 35.6 Å². The molecule has 1 unspecified atom stereocenters. The second-order valence-corrected chi connectivity index (χ2v) is 9.91. The van der Waals surface area contributed by atoms with E-state index in [0.717, 1.165) is 30.7 Å². The maximum atomic E-state index is 13.1. The Bertz CT molecular complexity index is 1180. The number of para-hydroxylation sites is 1. The molecule has 35 heavy (non-hydrogen) atoms. The highest BCUT2D eigenvalue weighted by atomic mass is 16.7. The molecule has 4 aliphatic rings. The minimum absolute atomic E-state index is 0.142. The lowest BCUT2D eigenvalue weighted by molar-refractivity contribution is -0.154. The van der Waals surface area contributed by atoms with Gasteiger partial charge in [0.1, 0.15) is 11.9 Å². The Labute approximate surface area is 205 Å². The molecule has 1 spiro atoms. The Balaban J connectivity index is 1.35. The predicted molar refractivity (Wildman–Crippen MR) is 129 cm³/mol. The summed E-state index contributed by atoms with van der Waals surface area (Å²) in [5, 5.41) is 0. The molecule has 5 atom stereocenters. The normalized spacial score (nSPS) is 29.8. The van der Waals surface area contributed by atoms with Crippen molar-refractivity contribution in [3.05, 3.63) is 65.2 Å². The van der Waals surface area contributed by atoms with Crippen LogP contribution >= 0.6 is 0 Å². The van der Waals surface area contributed by atoms with Crippen molar-refractivity contribution in [3.8, 4) is 17.2 Å². The molecule has 0 radical (unpaired) electrons. The van der Waals surface area contributed by atoms with Gasteiger partial charge in [-0.15, -0.1) is 0 Å². The van der Waals surface area contributed by atoms with E-state index in [1.165, 1.54) is 11.1 Å². The molecule has 7 heteroatoms. The smallest absolute Gasteiger partial charge is 0.311 e. The van der Waals surface area contributed by atoms with Crippen LogP contribution in [0.5, 0.6) is 17.2 Å². The number of likely N-dealkylation sites (N-methyl/N-ethyl adjacent to an activating group) is 1. The van der Waals surface area contributed by atoms with Gasteiger partial charge < -0.3 is 28.6 Å². The van der Waals surface area contributed by atoms with Gasteiger partial charge in [-0.25, -0.2) is 0 Å². The Morgan fingerprint density at radius 1 is 1.14 bits per heavy atom. The number of hydrogen-bond acceptors (Lipinski definition) is 7. The van der Waals surface area contributed by atoms with Crippen LogP contribution in [0.2, 0.25) is 0 Å². The summed E-state index contributed by atoms with van der Waals surface area (Å²) in [6, 6.07) is 12.1. The first-order valence-electron chi connectivity index (χ1n) is 12.2. The molecule has 2 aromatic rings. The largest absolute Gasteiger partial charge is 0.496 e. The van der Waals surface area contributed by atoms with E-state index < -0.39 is 6.10 Å². The molecule has 2 aromatic carbocycles. The molecule has 0 aromatic heterocycles. The first-order chi connectivity index (χ1) is 17.1. The van der Waals surface area contributed by atoms with E-state index in [1.807, 2.05) is 36.4 Å². The van der Waals surface area contributed by atoms with E-state index in [0.29, 0.717) is 23.5 Å². The van der Waals surface area contributed by atoms with Crippen molar-refractivity contribution in [2.45, 2.75) is 42.9 Å². The van der Waals surface area contributed by atoms with Crippen LogP contribution in [0, 0.1) is 5.92 Å². The van der Waals surface area contributed by atoms with Crippen molar-refractivity contribution in [2.24, 2.45) is 5.92 Å². The van der Waals surface area contributed by atoms with Crippen LogP contribution in [0.15, 0.2) is 48.6 Å². The summed E-state index contributed by atoms with van der Waals surface area (Å²) >= 11 is 0. The zero-order chi connectivity index (χ0) is 24.2. The van der Waals surface area contributed by atoms with Crippen LogP contribution in [0.1, 0.15) is 23.1 Å². The lowest BCUT2D eigenvalue weighted by atomic mass is 9.53. The quantitative estimate of drug-likeness (QED) is 0.345. The molecular weight excluding hydrogens is 446 g/mol. The zero-order valence-electron chi connectivity index (χ0n) is 20.4. The number of likely N-dealkylation sites (tertiary alicyclic amines) is 1. The molecule has 184 valence electrons. The van der Waals surface area contributed by atoms with Gasteiger partial charge in [-0.3, -0.25) is 4.79 Å². The summed E-state index contributed by atoms with van der Waals surface area (Å²) < 4.78 is 29.3. The number of hydrogen-bond donors (Lipinski definition) is 0. The van der Waals surface area contributed by atoms with Crippen molar-refractivity contribution < 1.29 is 28.5 Å². The number of benzene rings is 2. The summed E-state index contributed by atoms with van der Waals surface area (Å²) in [6.07, 6.45) is 5.57. The first kappa shape index (κ1) is 22.4. The van der Waals surface area contributed by atoms with Crippen LogP contribution in [-0.2, 0) is 32.5 Å². The number of piperidine rings is 1. The summed E-state index contributed by atoms with van der Waals surface area (Å²) in [5.74, 6) is 2.15. The van der Waals surface area contributed by atoms with E-state index in [2.05, 4.69) is 24.1 Å². The summed E-state index contributed by atoms with van der Waals surface area (Å²) in [6.45, 7) is 1.12. The topological polar surface area (TPSA) is 66.5 Å². The van der Waals surface area contributed by atoms with E-state index in [-0.39, 0.29) is 30.7 Å². The molecule has 0 amide bonds. The van der Waals surface area contributed by atoms with Gasteiger partial charge in [0.15, 0.2) is 24.4 Å². The van der Waals surface area contributed by atoms with Crippen LogP contribution in [0.4, 0.5) is 0 Å². The Hall–Kier alpha value is -3.03. The van der Waals surface area contributed by atoms with Gasteiger partial charge >= 0.3 is 5.97 Å². The number of rotatable bonds is 7. The number of carbonyl (C=O) groups is 1. The van der Waals surface area contributed by atoms with Crippen LogP contribution in [0.3, 0.4) is 0 Å². The van der Waals surface area contributed by atoms with Crippen molar-refractivity contribution in [2.75, 3.05) is 34.6 Å². The molecule has 1 saturated heterocycles. The highest BCUT2D eigenvalue weighted by molar-refractivity contribution is 5.74. The molecule has 2 bridgehead atoms. The third-order valence-electron chi connectivity index (χ3n) is 8.24. The van der Waals surface area contributed by atoms with Crippen LogP contribution < -0.4 is 14.2 Å². The molecule has 2 heterocycles. The molecule has 2 aliphatic heterocycles. The van der Waals surface area contributed by atoms with E-state index in [4.69, 9.17) is 23.7 Å². The molecule has 0 saturated carbocycles. The second kappa shape index (κ2) is 8.57. The fourth-order valence-corrected chi connectivity index (χ4v) is 6.74. The van der Waals surface area contributed by atoms with Crippen molar-refractivity contribution in [1.82, 2.24) is 4.90 Å². The predicted octanol–water partition coefficient (Wildman–Crippen LogP) is 3.28. The Kier molecular flexibility index (Phi) is 5.49. The van der Waals surface area contributed by atoms with E-state index in [1.54, 1.807) is 14.2 Å². The minimum atomic E-state index is -0.480. The lowest BCUT2D eigenvalue weighted by Gasteiger charge is -2.56. The SMILES string of the molecule is COCOc1ccc2c3c1OC1[C@@H](OC(=O)Cc4ccccc4OC)C=C[C@H]4[C@@H](C2)N(C)CC[C@]314. The summed E-state index contributed by atoms with van der Waals surface area (Å²) in [7, 11) is 5.42. The van der Waals surface area contributed by atoms with Crippen molar-refractivity contribution in [3.63, 3.8) is 0 Å². The number of esters is 1. The fraction of sp³-hybridized carbons (Fsp3) is 0.464. The number of methoxy groups -OCH3 is 2. The first-order valence-corrected chi connectivity index (χ1v) is 12.2. The molecule has 6 rings (SSSR count). The summed E-state index contributed by atoms with van der Waals surface area (Å²) in [4.78, 5) is 15.5. The Morgan fingerprint density at radius 2 is 2.00 bits per heavy atom. The molecule has 2 aliphatic carbocycles. The highest BCUT2D eigenvalue weighted by Gasteiger charge is 2.65. The van der Waals surface area contributed by atoms with Crippen molar-refractivity contribution >= 4 is 5.97 Å². The molecular formula is C28H31NO6. The maximum Gasteiger partial charge on any atom is 0.311 e. The highest BCUT2D eigenvalue weighted by Crippen LogP contribution is 2.62. The third-order valence-corrected chi connectivity index (χ3v) is 8.24. The van der Waals surface area contributed by atoms with Gasteiger partial charge in [0.2, 0.25) is 0 Å². The van der Waals surface area contributed by atoms with Gasteiger partial charge in [0.25, 0.3) is 0 Å². The second-order valence-electron chi connectivity index (χ2n) is 9.91. The standard InChI is InChI=1S/C28H31NO6/c1-29-13-12-28-19-9-11-23(34-24(30)15-17-6-4-5-7-21(17)32-3)27(28)35-26-22(33-16-31-2)10-8-18(25(26)28)14-20(19)29/h4-11,19-20,23,27H,12-16H2,1-3H3/t19-,20+,23-,27?,28-/m0/s1. The van der Waals surface area contributed by atoms with Gasteiger partial charge in [-0.2, -0.15) is 0 Å². The number of ether oxygens (including phenoxy) is 5. The lowest BCUT2D eigenvalue weighted by Crippen LogP contribution is -2.65. The van der Waals surface area contributed by atoms with Gasteiger partial charge in [-0.1, -0.05) is 30.3 Å². The Morgan fingerprint density at radius 3 is 2.83 bits per heavy atom. The zero-order valence-corrected chi connectivity index (χ0v) is 20.4. The minimum Gasteiger partial charge on any atom is -0.496 e. The maximum absolute atomic E-state index is 13.1. The molecule has 7 nitrogen and oxygen atoms in total. The van der Waals surface area contributed by atoms with Crippen LogP contribution in [-0.4, -0.2) is 63.7 Å². The van der Waals surface area contributed by atoms with Crippen LogP contribution in [0.25, 0.3) is 0 Å². The van der Waals surface area contributed by atoms with Crippen molar-refractivity contribution in [1.29, 1.82) is 0 Å². The monoisotopic (exact) mass is 477 g/mol. The third kappa shape index (κ3) is 3.36. The van der Waals surface area contributed by atoms with Gasteiger partial charge in [0.05, 0.1) is 13.5 Å². The van der Waals surface area contributed by atoms with Gasteiger partial charge in [-0.05, 0) is 50.2 Å². The summed E-state index contributed by atoms with van der Waals surface area (Å²) in [5.41, 5.74) is 3.10. The molecule has 0 N–H and O–H groups in total. The average Bonchev–Trinajstić information content (AvgIpc) is 3.22. The fourth-order valence-electron chi connectivity index (χ4n) is 6.74.